The van der Waals surface area contributed by atoms with Gasteiger partial charge in [0, 0.05) is 12.0 Å². The van der Waals surface area contributed by atoms with Crippen LogP contribution in [-0.4, -0.2) is 15.6 Å². The Bertz CT molecular complexity index is 1160. The first-order chi connectivity index (χ1) is 16.0. The maximum absolute atomic E-state index is 11.5. The standard InChI is InChI=1S/C25H24N4O4/c30-28(31)22-15-16-23(24(17-22)29(32)33)26-27-25(20-9-5-2-6-10-20)21-13-11-19(12-14-21)18-7-3-1-4-8-18/h1-10,15-17,19,21,26H,11-14H2. The van der Waals surface area contributed by atoms with Crippen LogP contribution in [0.25, 0.3) is 0 Å². The average Bonchev–Trinajstić information content (AvgIpc) is 2.85. The molecular formula is C25H24N4O4. The number of anilines is 1. The normalized spacial score (nSPS) is 18.5. The van der Waals surface area contributed by atoms with Gasteiger partial charge in [0.25, 0.3) is 5.69 Å². The number of nitrogens with one attached hydrogen (secondary N) is 1. The maximum Gasteiger partial charge on any atom is 0.301 e. The minimum atomic E-state index is -0.652. The van der Waals surface area contributed by atoms with Gasteiger partial charge in [0.15, 0.2) is 0 Å². The highest BCUT2D eigenvalue weighted by molar-refractivity contribution is 6.02. The molecule has 0 heterocycles. The number of benzene rings is 3. The quantitative estimate of drug-likeness (QED) is 0.261. The molecule has 168 valence electrons. The Hall–Kier alpha value is -4.07. The lowest BCUT2D eigenvalue weighted by molar-refractivity contribution is -0.393. The molecule has 0 aliphatic heterocycles. The molecular weight excluding hydrogens is 420 g/mol. The number of non-ortho nitro benzene ring substituents is 1. The van der Waals surface area contributed by atoms with E-state index >= 15 is 0 Å². The van der Waals surface area contributed by atoms with Crippen molar-refractivity contribution in [2.24, 2.45) is 11.0 Å². The van der Waals surface area contributed by atoms with Crippen LogP contribution < -0.4 is 5.43 Å². The highest BCUT2D eigenvalue weighted by Crippen LogP contribution is 2.37. The van der Waals surface area contributed by atoms with Crippen molar-refractivity contribution in [1.82, 2.24) is 0 Å². The third kappa shape index (κ3) is 5.23. The van der Waals surface area contributed by atoms with E-state index in [2.05, 4.69) is 34.8 Å². The Morgan fingerprint density at radius 2 is 1.45 bits per heavy atom. The number of nitro groups is 2. The summed E-state index contributed by atoms with van der Waals surface area (Å²) in [6, 6.07) is 23.8. The lowest BCUT2D eigenvalue weighted by atomic mass is 9.76. The van der Waals surface area contributed by atoms with E-state index in [9.17, 15) is 20.2 Å². The lowest BCUT2D eigenvalue weighted by Gasteiger charge is -2.30. The van der Waals surface area contributed by atoms with Gasteiger partial charge in [-0.25, -0.2) is 0 Å². The first kappa shape index (κ1) is 22.1. The smallest absolute Gasteiger partial charge is 0.271 e. The fraction of sp³-hybridized carbons (Fsp3) is 0.240. The van der Waals surface area contributed by atoms with Crippen molar-refractivity contribution in [2.45, 2.75) is 31.6 Å². The van der Waals surface area contributed by atoms with Crippen LogP contribution in [0.4, 0.5) is 17.1 Å². The van der Waals surface area contributed by atoms with Crippen LogP contribution in [0.15, 0.2) is 84.0 Å². The molecule has 8 heteroatoms. The molecule has 0 spiro atoms. The van der Waals surface area contributed by atoms with Gasteiger partial charge >= 0.3 is 5.69 Å². The third-order valence-electron chi connectivity index (χ3n) is 6.14. The number of rotatable bonds is 7. The summed E-state index contributed by atoms with van der Waals surface area (Å²) in [7, 11) is 0. The Kier molecular flexibility index (Phi) is 6.73. The van der Waals surface area contributed by atoms with E-state index in [4.69, 9.17) is 0 Å². The van der Waals surface area contributed by atoms with Gasteiger partial charge in [-0.1, -0.05) is 60.7 Å². The molecule has 1 fully saturated rings. The molecule has 1 aliphatic rings. The highest BCUT2D eigenvalue weighted by Gasteiger charge is 2.27. The van der Waals surface area contributed by atoms with Gasteiger partial charge in [-0.2, -0.15) is 5.10 Å². The van der Waals surface area contributed by atoms with Crippen molar-refractivity contribution >= 4 is 22.8 Å². The Morgan fingerprint density at radius 1 is 0.818 bits per heavy atom. The fourth-order valence-corrected chi connectivity index (χ4v) is 4.43. The second kappa shape index (κ2) is 10.0. The zero-order chi connectivity index (χ0) is 23.2. The molecule has 0 unspecified atom stereocenters. The Morgan fingerprint density at radius 3 is 2.06 bits per heavy atom. The number of nitro benzene ring substituents is 2. The monoisotopic (exact) mass is 444 g/mol. The van der Waals surface area contributed by atoms with Crippen molar-refractivity contribution in [3.63, 3.8) is 0 Å². The van der Waals surface area contributed by atoms with E-state index in [0.717, 1.165) is 43.0 Å². The van der Waals surface area contributed by atoms with Crippen molar-refractivity contribution in [1.29, 1.82) is 0 Å². The molecule has 3 aromatic carbocycles. The van der Waals surface area contributed by atoms with Crippen LogP contribution in [-0.2, 0) is 0 Å². The number of hydrazone groups is 1. The molecule has 33 heavy (non-hydrogen) atoms. The van der Waals surface area contributed by atoms with Crippen LogP contribution >= 0.6 is 0 Å². The van der Waals surface area contributed by atoms with Crippen molar-refractivity contribution in [3.8, 4) is 0 Å². The molecule has 1 N–H and O–H groups in total. The van der Waals surface area contributed by atoms with Crippen LogP contribution in [0.5, 0.6) is 0 Å². The molecule has 0 atom stereocenters. The van der Waals surface area contributed by atoms with Gasteiger partial charge in [0.1, 0.15) is 5.69 Å². The Balaban J connectivity index is 1.59. The topological polar surface area (TPSA) is 111 Å². The van der Waals surface area contributed by atoms with Crippen molar-refractivity contribution < 1.29 is 9.85 Å². The van der Waals surface area contributed by atoms with E-state index in [1.54, 1.807) is 0 Å². The summed E-state index contributed by atoms with van der Waals surface area (Å²) in [5.74, 6) is 0.722. The maximum atomic E-state index is 11.5. The Labute approximate surface area is 191 Å². The SMILES string of the molecule is O=[N+]([O-])c1ccc(NN=C(c2ccccc2)C2CCC(c3ccccc3)CC2)c([N+](=O)[O-])c1. The fourth-order valence-electron chi connectivity index (χ4n) is 4.43. The average molecular weight is 444 g/mol. The molecule has 0 radical (unpaired) electrons. The first-order valence-electron chi connectivity index (χ1n) is 10.9. The lowest BCUT2D eigenvalue weighted by Crippen LogP contribution is -2.23. The molecule has 0 aromatic heterocycles. The van der Waals surface area contributed by atoms with Crippen LogP contribution in [0.2, 0.25) is 0 Å². The van der Waals surface area contributed by atoms with Gasteiger partial charge in [-0.15, -0.1) is 0 Å². The molecule has 0 bridgehead atoms. The predicted octanol–water partition coefficient (Wildman–Crippen LogP) is 6.29. The van der Waals surface area contributed by atoms with Crippen molar-refractivity contribution in [3.05, 3.63) is 110 Å². The minimum absolute atomic E-state index is 0.122. The van der Waals surface area contributed by atoms with Gasteiger partial charge in [-0.3, -0.25) is 25.7 Å². The summed E-state index contributed by atoms with van der Waals surface area (Å²) in [4.78, 5) is 21.2. The second-order valence-electron chi connectivity index (χ2n) is 8.15. The molecule has 8 nitrogen and oxygen atoms in total. The van der Waals surface area contributed by atoms with Crippen LogP contribution in [0.3, 0.4) is 0 Å². The first-order valence-corrected chi connectivity index (χ1v) is 10.9. The number of hydrogen-bond acceptors (Lipinski definition) is 6. The summed E-state index contributed by atoms with van der Waals surface area (Å²) in [5.41, 5.74) is 5.38. The van der Waals surface area contributed by atoms with E-state index in [-0.39, 0.29) is 23.0 Å². The molecule has 1 saturated carbocycles. The van der Waals surface area contributed by atoms with Crippen LogP contribution in [0, 0.1) is 26.1 Å². The summed E-state index contributed by atoms with van der Waals surface area (Å²) < 4.78 is 0. The van der Waals surface area contributed by atoms with Crippen LogP contribution in [0.1, 0.15) is 42.7 Å². The van der Waals surface area contributed by atoms with E-state index in [1.807, 2.05) is 36.4 Å². The van der Waals surface area contributed by atoms with E-state index in [0.29, 0.717) is 5.92 Å². The molecule has 4 rings (SSSR count). The summed E-state index contributed by atoms with van der Waals surface area (Å²) >= 11 is 0. The second-order valence-corrected chi connectivity index (χ2v) is 8.15. The third-order valence-corrected chi connectivity index (χ3v) is 6.14. The zero-order valence-electron chi connectivity index (χ0n) is 18.0. The van der Waals surface area contributed by atoms with Gasteiger partial charge in [0.2, 0.25) is 0 Å². The van der Waals surface area contributed by atoms with E-state index < -0.39 is 9.85 Å². The van der Waals surface area contributed by atoms with Gasteiger partial charge in [-0.05, 0) is 48.8 Å². The molecule has 3 aromatic rings. The summed E-state index contributed by atoms with van der Waals surface area (Å²) in [6.07, 6.45) is 3.99. The number of nitrogens with zero attached hydrogens (tertiary/aromatic N) is 3. The highest BCUT2D eigenvalue weighted by atomic mass is 16.6. The molecule has 1 aliphatic carbocycles. The van der Waals surface area contributed by atoms with E-state index in [1.165, 1.54) is 17.7 Å². The molecule has 0 saturated heterocycles. The zero-order valence-corrected chi connectivity index (χ0v) is 18.0. The summed E-state index contributed by atoms with van der Waals surface area (Å²) in [5, 5.41) is 27.1. The minimum Gasteiger partial charge on any atom is -0.271 e. The predicted molar refractivity (Wildman–Crippen MR) is 127 cm³/mol. The largest absolute Gasteiger partial charge is 0.301 e. The van der Waals surface area contributed by atoms with Gasteiger partial charge in [0.05, 0.1) is 21.6 Å². The summed E-state index contributed by atoms with van der Waals surface area (Å²) in [6.45, 7) is 0. The van der Waals surface area contributed by atoms with Gasteiger partial charge < -0.3 is 0 Å². The number of hydrogen-bond donors (Lipinski definition) is 1. The molecule has 0 amide bonds. The van der Waals surface area contributed by atoms with Crippen molar-refractivity contribution in [2.75, 3.05) is 5.43 Å².